The molecule has 0 bridgehead atoms. The van der Waals surface area contributed by atoms with E-state index in [1.165, 1.54) is 105 Å². The number of halogens is 7. The number of aromatic nitrogens is 3. The Bertz CT molecular complexity index is 4660. The number of alkyl halides is 2. The van der Waals surface area contributed by atoms with Crippen LogP contribution < -0.4 is 11.2 Å². The molecule has 4 N–H and O–H groups in total. The maximum atomic E-state index is 11.7. The number of aryl methyl sites for hydroxylation is 3. The summed E-state index contributed by atoms with van der Waals surface area (Å²) < 4.78 is 38.1. The number of carboxylic acids is 1. The molecule has 598 valence electrons. The van der Waals surface area contributed by atoms with E-state index in [-0.39, 0.29) is 51.0 Å². The van der Waals surface area contributed by atoms with Crippen LogP contribution in [0.3, 0.4) is 0 Å². The molecule has 3 aromatic heterocycles. The van der Waals surface area contributed by atoms with Crippen molar-refractivity contribution in [2.24, 2.45) is 0 Å². The zero-order valence-corrected chi connectivity index (χ0v) is 77.3. The molecule has 0 unspecified atom stereocenters. The number of aromatic carboxylic acids is 1. The Kier molecular flexibility index (Phi) is 45.0. The number of nitro groups is 4. The number of anilines is 1. The van der Waals surface area contributed by atoms with Gasteiger partial charge in [-0.1, -0.05) is 63.4 Å². The number of hydrogen-bond acceptors (Lipinski definition) is 26. The number of aliphatic hydroxyl groups is 1. The Hall–Kier alpha value is -8.04. The maximum absolute atomic E-state index is 11.7. The molecule has 0 atom stereocenters. The molecule has 31 nitrogen and oxygen atoms in total. The van der Waals surface area contributed by atoms with Crippen LogP contribution in [0.1, 0.15) is 107 Å². The van der Waals surface area contributed by atoms with Gasteiger partial charge in [0, 0.05) is 107 Å². The fraction of sp³-hybridized carbons (Fsp3) is 0.219. The van der Waals surface area contributed by atoms with E-state index in [0.717, 1.165) is 56.0 Å². The number of methoxy groups -OCH3 is 5. The molecule has 1 fully saturated rings. The average molecular weight is 2260 g/mol. The molecular formula is C73H72BCl2I5N8O23Sn. The third kappa shape index (κ3) is 33.7. The Balaban J connectivity index is 0.000000454. The Morgan fingerprint density at radius 1 is 0.451 bits per heavy atom. The number of esters is 5. The van der Waals surface area contributed by atoms with Crippen LogP contribution in [0.4, 0.5) is 28.4 Å². The number of nitro benzene ring substituents is 4. The van der Waals surface area contributed by atoms with E-state index in [9.17, 15) is 69.2 Å². The number of carbonyl (C=O) groups excluding carboxylic acids is 5. The van der Waals surface area contributed by atoms with Crippen LogP contribution in [-0.2, 0) is 33.0 Å². The predicted octanol–water partition coefficient (Wildman–Crippen LogP) is 16.6. The molecule has 6 aromatic carbocycles. The predicted molar refractivity (Wildman–Crippen MR) is 470 cm³/mol. The van der Waals surface area contributed by atoms with Crippen molar-refractivity contribution in [3.8, 4) is 33.8 Å². The molecule has 0 saturated carbocycles. The summed E-state index contributed by atoms with van der Waals surface area (Å²) in [5, 5.41) is 58.4. The number of rotatable bonds is 14. The van der Waals surface area contributed by atoms with E-state index < -0.39 is 86.7 Å². The molecular weight excluding hydrogens is 2190 g/mol. The van der Waals surface area contributed by atoms with Crippen LogP contribution in [-0.4, -0.2) is 163 Å². The SMILES string of the molecule is CO.COC(=O)c1cc(-c2ccc(C)cn2)cc([N+](=O)[O-])c1.COC(=O)c1cc(B2OC(C)(C)C(C)(C)O2)cc([N+](=O)[O-])c1.COC(=O)c1cc(I)cc(-c2ccc(C)cn2)c1.COC(=O)c1cc(I)cc([N+](=O)[O-])c1.COC(=O)c1cc(N)cc(-c2ccc(C)cn2)c1.ICI.O=C(O)c1cc(I)cc([N+](=O)[O-])c1.[Cl][Sn][Cl]. The summed E-state index contributed by atoms with van der Waals surface area (Å²) in [6, 6.07) is 38.0. The molecule has 0 spiro atoms. The first kappa shape index (κ1) is 101. The van der Waals surface area contributed by atoms with Crippen LogP contribution in [0.15, 0.2) is 164 Å². The molecule has 40 heteroatoms. The van der Waals surface area contributed by atoms with E-state index in [4.69, 9.17) is 47.8 Å². The average Bonchev–Trinajstić information content (AvgIpc) is 1.62. The van der Waals surface area contributed by atoms with Crippen molar-refractivity contribution < 1.29 is 91.7 Å². The van der Waals surface area contributed by atoms with Crippen molar-refractivity contribution in [1.29, 1.82) is 0 Å². The fourth-order valence-electron chi connectivity index (χ4n) is 8.83. The molecule has 2 radical (unpaired) electrons. The number of aliphatic hydroxyl groups excluding tert-OH is 1. The third-order valence-electron chi connectivity index (χ3n) is 14.8. The second-order valence-electron chi connectivity index (χ2n) is 23.3. The second-order valence-corrected chi connectivity index (χ2v) is 35.7. The van der Waals surface area contributed by atoms with Gasteiger partial charge in [-0.15, -0.1) is 0 Å². The van der Waals surface area contributed by atoms with E-state index in [1.807, 2.05) is 136 Å². The van der Waals surface area contributed by atoms with Crippen LogP contribution >= 0.6 is 131 Å². The number of nitrogens with zero attached hydrogens (tertiary/aromatic N) is 7. The molecule has 1 saturated heterocycles. The number of nitrogens with two attached hydrogens (primary N) is 1. The van der Waals surface area contributed by atoms with Crippen molar-refractivity contribution in [3.05, 3.63) is 265 Å². The molecule has 9 aromatic rings. The van der Waals surface area contributed by atoms with Gasteiger partial charge in [0.05, 0.1) is 119 Å². The number of non-ortho nitro benzene ring substituents is 4. The van der Waals surface area contributed by atoms with Gasteiger partial charge in [-0.25, -0.2) is 28.8 Å². The van der Waals surface area contributed by atoms with Gasteiger partial charge in [0.15, 0.2) is 0 Å². The number of ether oxygens (including phenoxy) is 5. The first-order valence-electron chi connectivity index (χ1n) is 31.7. The summed E-state index contributed by atoms with van der Waals surface area (Å²) in [4.78, 5) is 121. The van der Waals surface area contributed by atoms with E-state index in [1.54, 1.807) is 48.8 Å². The van der Waals surface area contributed by atoms with E-state index in [0.29, 0.717) is 40.7 Å². The van der Waals surface area contributed by atoms with Crippen molar-refractivity contribution in [3.63, 3.8) is 0 Å². The van der Waals surface area contributed by atoms with Crippen LogP contribution in [0.25, 0.3) is 33.8 Å². The normalized spacial score (nSPS) is 11.4. The Morgan fingerprint density at radius 2 is 0.717 bits per heavy atom. The monoisotopic (exact) mass is 2260 g/mol. The number of benzene rings is 6. The summed E-state index contributed by atoms with van der Waals surface area (Å²) in [6.07, 6.45) is 5.25. The van der Waals surface area contributed by atoms with Crippen molar-refractivity contribution >= 4 is 227 Å². The second kappa shape index (κ2) is 50.3. The van der Waals surface area contributed by atoms with Crippen molar-refractivity contribution in [2.75, 3.05) is 50.8 Å². The number of hydrogen-bond donors (Lipinski definition) is 3. The van der Waals surface area contributed by atoms with Crippen LogP contribution in [0, 0.1) is 71.9 Å². The van der Waals surface area contributed by atoms with Gasteiger partial charge < -0.3 is 48.9 Å². The minimum atomic E-state index is -1.17. The van der Waals surface area contributed by atoms with Crippen LogP contribution in [0.2, 0.25) is 0 Å². The number of pyridine rings is 3. The third-order valence-corrected chi connectivity index (χ3v) is 16.7. The van der Waals surface area contributed by atoms with Gasteiger partial charge in [0.2, 0.25) is 0 Å². The first-order valence-corrected chi connectivity index (χ1v) is 45.2. The molecule has 0 aliphatic carbocycles. The zero-order chi connectivity index (χ0) is 85.8. The quantitative estimate of drug-likeness (QED) is 0.0133. The topological polar surface area (TPSA) is 445 Å². The van der Waals surface area contributed by atoms with Gasteiger partial charge >= 0.3 is 79.7 Å². The fourth-order valence-corrected chi connectivity index (χ4v) is 10.8. The molecule has 113 heavy (non-hydrogen) atoms. The molecule has 4 heterocycles. The summed E-state index contributed by atoms with van der Waals surface area (Å²) in [5.41, 5.74) is 13.7. The summed E-state index contributed by atoms with van der Waals surface area (Å²) in [5.74, 6) is -3.76. The van der Waals surface area contributed by atoms with Gasteiger partial charge in [0.25, 0.3) is 22.7 Å². The summed E-state index contributed by atoms with van der Waals surface area (Å²) in [7, 11) is 16.5. The molecule has 1 aliphatic rings. The number of carboxylic acid groups (broad SMARTS) is 1. The zero-order valence-electron chi connectivity index (χ0n) is 62.2. The molecule has 0 amide bonds. The summed E-state index contributed by atoms with van der Waals surface area (Å²) in [6.45, 7) is 13.4. The molecule has 1 aliphatic heterocycles. The first-order chi connectivity index (χ1) is 53.1. The number of nitrogen functional groups attached to an aromatic ring is 1. The van der Waals surface area contributed by atoms with Gasteiger partial charge in [-0.3, -0.25) is 55.4 Å². The van der Waals surface area contributed by atoms with Gasteiger partial charge in [-0.05, 0) is 217 Å². The van der Waals surface area contributed by atoms with Crippen molar-refractivity contribution in [1.82, 2.24) is 15.0 Å². The van der Waals surface area contributed by atoms with E-state index >= 15 is 0 Å². The Labute approximate surface area is 735 Å². The van der Waals surface area contributed by atoms with Gasteiger partial charge in [-0.2, -0.15) is 0 Å². The minimum absolute atomic E-state index is 0.0707. The van der Waals surface area contributed by atoms with Crippen LogP contribution in [0.5, 0.6) is 0 Å². The summed E-state index contributed by atoms with van der Waals surface area (Å²) >= 11 is 9.63. The molecule has 10 rings (SSSR count). The number of carbonyl (C=O) groups is 6. The van der Waals surface area contributed by atoms with E-state index in [2.05, 4.69) is 102 Å². The van der Waals surface area contributed by atoms with Crippen molar-refractivity contribution in [2.45, 2.75) is 59.7 Å². The standard InChI is InChI=1S/C14H18BNO6.C14H12INO2.C14H12N2O4.C14H14N2O2.C8H6INO4.C7H4INO4.CH2I2.CH4O.2ClH.Sn/c1-13(2)14(3,4)22-15(21-13)10-6-9(12(17)20-5)7-11(8-10)16(18)19;1-9-3-4-13(16-8-9)10-5-11(14(17)18-2)7-12(15)6-10;1-9-3-4-13(15-8-9)10-5-11(14(17)20-2)7-12(6-10)16(18)19;1-9-3-4-13(16-8-9)10-5-11(14(17)18-2)7-12(15)6-10;1-14-8(11)5-2-6(9)4-7(3-5)10(12)13;8-5-1-4(7(10)11)2-6(3-5)9(12)13;2-1-3;1-2;;;/h6-8H,1-5H3;3-8H,1-2H3;3-8H,1-2H3;3-8H,15H2,1-2H3;2-4H,1H3;1-3H,(H,10,11);1H2;2H,1H3;2*1H;/q;;;;;;;;;;+2/p-2. The van der Waals surface area contributed by atoms with Gasteiger partial charge in [0.1, 0.15) is 0 Å². The Morgan fingerprint density at radius 3 is 1.04 bits per heavy atom.